The fourth-order valence-corrected chi connectivity index (χ4v) is 4.78. The predicted molar refractivity (Wildman–Crippen MR) is 116 cm³/mol. The van der Waals surface area contributed by atoms with E-state index in [4.69, 9.17) is 0 Å². The van der Waals surface area contributed by atoms with Crippen molar-refractivity contribution < 1.29 is 13.2 Å². The van der Waals surface area contributed by atoms with Gasteiger partial charge in [0, 0.05) is 31.7 Å². The van der Waals surface area contributed by atoms with Crippen LogP contribution in [-0.2, 0) is 10.0 Å². The standard InChI is InChI=1S/C22H22N4O3S/c27-22(18-7-3-1-4-8-18)24-19-11-12-21(23-17-19)25-13-15-26(16-14-25)30(28,29)20-9-5-2-6-10-20/h1-12,17H,13-16H2,(H,24,27). The van der Waals surface area contributed by atoms with Gasteiger partial charge in [0.1, 0.15) is 5.82 Å². The summed E-state index contributed by atoms with van der Waals surface area (Å²) in [6.45, 7) is 1.89. The van der Waals surface area contributed by atoms with E-state index >= 15 is 0 Å². The van der Waals surface area contributed by atoms with Crippen molar-refractivity contribution in [3.8, 4) is 0 Å². The highest BCUT2D eigenvalue weighted by molar-refractivity contribution is 7.89. The molecule has 1 amide bonds. The number of hydrogen-bond donors (Lipinski definition) is 1. The summed E-state index contributed by atoms with van der Waals surface area (Å²) in [4.78, 5) is 19.0. The minimum Gasteiger partial charge on any atom is -0.354 e. The fourth-order valence-electron chi connectivity index (χ4n) is 3.34. The molecule has 4 rings (SSSR count). The minimum atomic E-state index is -3.48. The number of pyridine rings is 1. The molecule has 1 saturated heterocycles. The molecule has 0 saturated carbocycles. The lowest BCUT2D eigenvalue weighted by atomic mass is 10.2. The Labute approximate surface area is 176 Å². The number of rotatable bonds is 5. The smallest absolute Gasteiger partial charge is 0.255 e. The van der Waals surface area contributed by atoms with E-state index < -0.39 is 10.0 Å². The molecule has 1 N–H and O–H groups in total. The lowest BCUT2D eigenvalue weighted by Crippen LogP contribution is -2.48. The zero-order valence-electron chi connectivity index (χ0n) is 16.3. The number of amides is 1. The highest BCUT2D eigenvalue weighted by Crippen LogP contribution is 2.21. The van der Waals surface area contributed by atoms with Gasteiger partial charge in [-0.3, -0.25) is 4.79 Å². The van der Waals surface area contributed by atoms with Crippen molar-refractivity contribution in [3.63, 3.8) is 0 Å². The molecule has 0 bridgehead atoms. The SMILES string of the molecule is O=C(Nc1ccc(N2CCN(S(=O)(=O)c3ccccc3)CC2)nc1)c1ccccc1. The van der Waals surface area contributed by atoms with Crippen LogP contribution in [0.1, 0.15) is 10.4 Å². The second kappa shape index (κ2) is 8.64. The van der Waals surface area contributed by atoms with E-state index in [-0.39, 0.29) is 5.91 Å². The van der Waals surface area contributed by atoms with Crippen molar-refractivity contribution in [3.05, 3.63) is 84.6 Å². The first-order valence-corrected chi connectivity index (χ1v) is 11.1. The minimum absolute atomic E-state index is 0.190. The van der Waals surface area contributed by atoms with E-state index in [2.05, 4.69) is 10.3 Å². The first-order valence-electron chi connectivity index (χ1n) is 9.67. The molecular formula is C22H22N4O3S. The quantitative estimate of drug-likeness (QED) is 0.684. The van der Waals surface area contributed by atoms with Crippen LogP contribution < -0.4 is 10.2 Å². The molecule has 154 valence electrons. The van der Waals surface area contributed by atoms with Crippen LogP contribution in [0.5, 0.6) is 0 Å². The Kier molecular flexibility index (Phi) is 5.78. The number of aromatic nitrogens is 1. The molecule has 2 aromatic carbocycles. The molecule has 1 aliphatic heterocycles. The van der Waals surface area contributed by atoms with Crippen LogP contribution in [0.15, 0.2) is 83.9 Å². The van der Waals surface area contributed by atoms with Crippen molar-refractivity contribution in [2.24, 2.45) is 0 Å². The number of nitrogens with one attached hydrogen (secondary N) is 1. The van der Waals surface area contributed by atoms with Gasteiger partial charge in [0.05, 0.1) is 16.8 Å². The van der Waals surface area contributed by atoms with Gasteiger partial charge in [-0.2, -0.15) is 4.31 Å². The molecule has 3 aromatic rings. The summed E-state index contributed by atoms with van der Waals surface area (Å²) < 4.78 is 27.0. The molecule has 0 atom stereocenters. The van der Waals surface area contributed by atoms with Crippen LogP contribution >= 0.6 is 0 Å². The number of carbonyl (C=O) groups is 1. The summed E-state index contributed by atoms with van der Waals surface area (Å²) in [5.41, 5.74) is 1.19. The maximum absolute atomic E-state index is 12.7. The number of sulfonamides is 1. The molecule has 1 aliphatic rings. The summed E-state index contributed by atoms with van der Waals surface area (Å²) in [6.07, 6.45) is 1.61. The van der Waals surface area contributed by atoms with Gasteiger partial charge in [-0.1, -0.05) is 36.4 Å². The Morgan fingerprint density at radius 2 is 1.47 bits per heavy atom. The lowest BCUT2D eigenvalue weighted by molar-refractivity contribution is 0.102. The number of anilines is 2. The molecule has 0 unspecified atom stereocenters. The van der Waals surface area contributed by atoms with Gasteiger partial charge >= 0.3 is 0 Å². The summed E-state index contributed by atoms with van der Waals surface area (Å²) in [7, 11) is -3.48. The third-order valence-electron chi connectivity index (χ3n) is 4.99. The first-order chi connectivity index (χ1) is 14.5. The van der Waals surface area contributed by atoms with Gasteiger partial charge in [-0.25, -0.2) is 13.4 Å². The van der Waals surface area contributed by atoms with Gasteiger partial charge in [0.15, 0.2) is 0 Å². The average molecular weight is 423 g/mol. The maximum atomic E-state index is 12.7. The zero-order chi connectivity index (χ0) is 21.0. The summed E-state index contributed by atoms with van der Waals surface area (Å²) in [5.74, 6) is 0.564. The average Bonchev–Trinajstić information content (AvgIpc) is 2.81. The van der Waals surface area contributed by atoms with Gasteiger partial charge < -0.3 is 10.2 Å². The van der Waals surface area contributed by atoms with Gasteiger partial charge in [0.25, 0.3) is 5.91 Å². The number of hydrogen-bond acceptors (Lipinski definition) is 5. The second-order valence-corrected chi connectivity index (χ2v) is 8.87. The van der Waals surface area contributed by atoms with Gasteiger partial charge in [-0.15, -0.1) is 0 Å². The highest BCUT2D eigenvalue weighted by atomic mass is 32.2. The highest BCUT2D eigenvalue weighted by Gasteiger charge is 2.28. The van der Waals surface area contributed by atoms with E-state index in [1.807, 2.05) is 29.2 Å². The van der Waals surface area contributed by atoms with E-state index in [1.54, 1.807) is 54.7 Å². The Hall–Kier alpha value is -3.23. The van der Waals surface area contributed by atoms with Gasteiger partial charge in [-0.05, 0) is 36.4 Å². The molecule has 0 aliphatic carbocycles. The van der Waals surface area contributed by atoms with E-state index in [0.29, 0.717) is 42.3 Å². The molecule has 0 spiro atoms. The third kappa shape index (κ3) is 4.34. The molecule has 7 nitrogen and oxygen atoms in total. The summed E-state index contributed by atoms with van der Waals surface area (Å²) in [6, 6.07) is 21.1. The molecule has 30 heavy (non-hydrogen) atoms. The van der Waals surface area contributed by atoms with Crippen LogP contribution in [0.4, 0.5) is 11.5 Å². The maximum Gasteiger partial charge on any atom is 0.255 e. The molecule has 0 radical (unpaired) electrons. The number of carbonyl (C=O) groups excluding carboxylic acids is 1. The first kappa shape index (κ1) is 20.1. The largest absolute Gasteiger partial charge is 0.354 e. The van der Waals surface area contributed by atoms with Crippen LogP contribution in [0.25, 0.3) is 0 Å². The van der Waals surface area contributed by atoms with Crippen molar-refractivity contribution in [1.29, 1.82) is 0 Å². The summed E-state index contributed by atoms with van der Waals surface area (Å²) >= 11 is 0. The third-order valence-corrected chi connectivity index (χ3v) is 6.90. The normalized spacial score (nSPS) is 15.0. The van der Waals surface area contributed by atoms with E-state index in [0.717, 1.165) is 5.82 Å². The Balaban J connectivity index is 1.37. The van der Waals surface area contributed by atoms with Crippen molar-refractivity contribution >= 4 is 27.4 Å². The number of benzene rings is 2. The monoisotopic (exact) mass is 422 g/mol. The van der Waals surface area contributed by atoms with Crippen LogP contribution in [0.3, 0.4) is 0 Å². The molecule has 1 fully saturated rings. The molecular weight excluding hydrogens is 400 g/mol. The van der Waals surface area contributed by atoms with Crippen molar-refractivity contribution in [2.45, 2.75) is 4.90 Å². The molecule has 8 heteroatoms. The second-order valence-electron chi connectivity index (χ2n) is 6.93. The summed E-state index contributed by atoms with van der Waals surface area (Å²) in [5, 5.41) is 2.83. The zero-order valence-corrected chi connectivity index (χ0v) is 17.1. The predicted octanol–water partition coefficient (Wildman–Crippen LogP) is 2.84. The van der Waals surface area contributed by atoms with Crippen LogP contribution in [0, 0.1) is 0 Å². The van der Waals surface area contributed by atoms with Crippen LogP contribution in [-0.4, -0.2) is 49.8 Å². The molecule has 1 aromatic heterocycles. The van der Waals surface area contributed by atoms with Crippen molar-refractivity contribution in [1.82, 2.24) is 9.29 Å². The lowest BCUT2D eigenvalue weighted by Gasteiger charge is -2.34. The van der Waals surface area contributed by atoms with Crippen molar-refractivity contribution in [2.75, 3.05) is 36.4 Å². The van der Waals surface area contributed by atoms with Crippen LogP contribution in [0.2, 0.25) is 0 Å². The topological polar surface area (TPSA) is 82.6 Å². The number of nitrogens with zero attached hydrogens (tertiary/aromatic N) is 3. The Morgan fingerprint density at radius 1 is 0.833 bits per heavy atom. The Morgan fingerprint density at radius 3 is 2.07 bits per heavy atom. The fraction of sp³-hybridized carbons (Fsp3) is 0.182. The molecule has 2 heterocycles. The van der Waals surface area contributed by atoms with E-state index in [1.165, 1.54) is 4.31 Å². The van der Waals surface area contributed by atoms with Gasteiger partial charge in [0.2, 0.25) is 10.0 Å². The number of piperazine rings is 1. The Bertz CT molecular complexity index is 1100. The van der Waals surface area contributed by atoms with E-state index in [9.17, 15) is 13.2 Å².